The molecule has 0 radical (unpaired) electrons. The first kappa shape index (κ1) is 21.3. The topological polar surface area (TPSA) is 128 Å². The van der Waals surface area contributed by atoms with Crippen LogP contribution in [-0.4, -0.2) is 10.1 Å². The van der Waals surface area contributed by atoms with Gasteiger partial charge in [0.15, 0.2) is 11.6 Å². The van der Waals surface area contributed by atoms with Crippen LogP contribution in [0.4, 0.5) is 8.78 Å². The Kier molecular flexibility index (Phi) is 4.73. The van der Waals surface area contributed by atoms with Gasteiger partial charge < -0.3 is 5.11 Å². The standard InChI is InChI=1S/C27H9F2N5O/c28-18-7-6-16-20(13(9-30)10-31)25(21(14(11-32)12-33)24(16)26(18)29)22-15-3-1-5-19(35)23(15)27-17(22)4-2-8-34-27/h1-8,35H/b25-22-. The van der Waals surface area contributed by atoms with Crippen LogP contribution in [0, 0.1) is 57.0 Å². The Bertz CT molecular complexity index is 1740. The summed E-state index contributed by atoms with van der Waals surface area (Å²) in [6.45, 7) is 0. The van der Waals surface area contributed by atoms with Gasteiger partial charge in [0.2, 0.25) is 0 Å². The number of rotatable bonds is 0. The monoisotopic (exact) mass is 457 g/mol. The van der Waals surface area contributed by atoms with Gasteiger partial charge >= 0.3 is 0 Å². The maximum Gasteiger partial charge on any atom is 0.167 e. The number of nitrogens with zero attached hydrogens (tertiary/aromatic N) is 5. The molecule has 162 valence electrons. The maximum atomic E-state index is 15.3. The van der Waals surface area contributed by atoms with E-state index in [9.17, 15) is 30.5 Å². The van der Waals surface area contributed by atoms with Gasteiger partial charge in [0.05, 0.1) is 11.3 Å². The summed E-state index contributed by atoms with van der Waals surface area (Å²) in [6.07, 6.45) is 1.51. The van der Waals surface area contributed by atoms with Gasteiger partial charge in [0, 0.05) is 39.6 Å². The molecule has 6 nitrogen and oxygen atoms in total. The summed E-state index contributed by atoms with van der Waals surface area (Å²) in [5, 5.41) is 49.6. The quantitative estimate of drug-likeness (QED) is 0.363. The van der Waals surface area contributed by atoms with Crippen molar-refractivity contribution in [3.8, 4) is 41.3 Å². The Balaban J connectivity index is 2.12. The van der Waals surface area contributed by atoms with Crippen LogP contribution in [-0.2, 0) is 0 Å². The number of halogens is 2. The van der Waals surface area contributed by atoms with Crippen LogP contribution in [0.2, 0.25) is 0 Å². The van der Waals surface area contributed by atoms with Crippen molar-refractivity contribution in [2.75, 3.05) is 0 Å². The van der Waals surface area contributed by atoms with E-state index in [1.165, 1.54) is 18.3 Å². The maximum absolute atomic E-state index is 15.3. The van der Waals surface area contributed by atoms with Crippen LogP contribution in [0.15, 0.2) is 65.4 Å². The molecule has 0 amide bonds. The van der Waals surface area contributed by atoms with Crippen LogP contribution in [0.25, 0.3) is 28.0 Å². The lowest BCUT2D eigenvalue weighted by atomic mass is 9.88. The molecule has 5 rings (SSSR count). The fourth-order valence-corrected chi connectivity index (χ4v) is 4.64. The highest BCUT2D eigenvalue weighted by Gasteiger charge is 2.40. The Labute approximate surface area is 197 Å². The molecular weight excluding hydrogens is 448 g/mol. The molecule has 1 aromatic heterocycles. The molecule has 0 saturated carbocycles. The third kappa shape index (κ3) is 2.79. The van der Waals surface area contributed by atoms with E-state index >= 15 is 4.39 Å². The first-order valence-electron chi connectivity index (χ1n) is 10.1. The molecule has 0 saturated heterocycles. The molecule has 0 atom stereocenters. The van der Waals surface area contributed by atoms with Crippen LogP contribution < -0.4 is 0 Å². The van der Waals surface area contributed by atoms with Crippen LogP contribution in [0.1, 0.15) is 22.3 Å². The van der Waals surface area contributed by atoms with Gasteiger partial charge in [-0.25, -0.2) is 8.78 Å². The third-order valence-electron chi connectivity index (χ3n) is 5.94. The first-order chi connectivity index (χ1) is 17.0. The van der Waals surface area contributed by atoms with Crippen molar-refractivity contribution < 1.29 is 13.9 Å². The van der Waals surface area contributed by atoms with Gasteiger partial charge in [0.25, 0.3) is 0 Å². The second-order valence-electron chi connectivity index (χ2n) is 7.58. The van der Waals surface area contributed by atoms with E-state index in [0.29, 0.717) is 28.0 Å². The molecule has 35 heavy (non-hydrogen) atoms. The number of allylic oxidation sites excluding steroid dienone is 5. The number of aromatic hydroxyl groups is 1. The fourth-order valence-electron chi connectivity index (χ4n) is 4.64. The van der Waals surface area contributed by atoms with E-state index in [2.05, 4.69) is 4.98 Å². The van der Waals surface area contributed by atoms with Gasteiger partial charge in [-0.2, -0.15) is 21.0 Å². The van der Waals surface area contributed by atoms with Crippen molar-refractivity contribution in [3.05, 3.63) is 99.3 Å². The molecule has 0 unspecified atom stereocenters. The number of benzene rings is 2. The largest absolute Gasteiger partial charge is 0.507 e. The predicted molar refractivity (Wildman–Crippen MR) is 120 cm³/mol. The van der Waals surface area contributed by atoms with Crippen LogP contribution in [0.3, 0.4) is 0 Å². The molecule has 0 aliphatic heterocycles. The smallest absolute Gasteiger partial charge is 0.167 e. The summed E-state index contributed by atoms with van der Waals surface area (Å²) in [6, 6.07) is 17.1. The Morgan fingerprint density at radius 3 is 2.06 bits per heavy atom. The molecule has 2 aromatic carbocycles. The first-order valence-corrected chi connectivity index (χ1v) is 10.1. The molecule has 2 aliphatic carbocycles. The summed E-state index contributed by atoms with van der Waals surface area (Å²) in [7, 11) is 0. The van der Waals surface area contributed by atoms with E-state index < -0.39 is 22.8 Å². The highest BCUT2D eigenvalue weighted by atomic mass is 19.2. The zero-order valence-corrected chi connectivity index (χ0v) is 17.6. The summed E-state index contributed by atoms with van der Waals surface area (Å²) >= 11 is 0. The number of nitriles is 4. The third-order valence-corrected chi connectivity index (χ3v) is 5.94. The molecule has 8 heteroatoms. The summed E-state index contributed by atoms with van der Waals surface area (Å²) in [5.41, 5.74) is 0.411. The molecule has 0 spiro atoms. The van der Waals surface area contributed by atoms with Crippen molar-refractivity contribution in [2.24, 2.45) is 0 Å². The van der Waals surface area contributed by atoms with Gasteiger partial charge in [-0.3, -0.25) is 4.98 Å². The van der Waals surface area contributed by atoms with Gasteiger partial charge in [-0.15, -0.1) is 0 Å². The van der Waals surface area contributed by atoms with Crippen molar-refractivity contribution in [1.29, 1.82) is 21.0 Å². The summed E-state index contributed by atoms with van der Waals surface area (Å²) in [4.78, 5) is 4.36. The molecule has 3 aromatic rings. The molecule has 1 heterocycles. The minimum Gasteiger partial charge on any atom is -0.507 e. The summed E-state index contributed by atoms with van der Waals surface area (Å²) in [5.74, 6) is -2.63. The SMILES string of the molecule is N#CC(C#N)=C1/C(=C2/c3cccnc3-c3c(O)cccc32)C(=C(C#N)C#N)c2c1ccc(F)c2F. The lowest BCUT2D eigenvalue weighted by molar-refractivity contribution is 0.477. The van der Waals surface area contributed by atoms with Crippen molar-refractivity contribution in [3.63, 3.8) is 0 Å². The van der Waals surface area contributed by atoms with E-state index in [1.54, 1.807) is 48.5 Å². The predicted octanol–water partition coefficient (Wildman–Crippen LogP) is 5.16. The number of hydrogen-bond acceptors (Lipinski definition) is 6. The van der Waals surface area contributed by atoms with E-state index in [0.717, 1.165) is 6.07 Å². The highest BCUT2D eigenvalue weighted by molar-refractivity contribution is 6.21. The lowest BCUT2D eigenvalue weighted by Gasteiger charge is -2.12. The molecule has 2 aliphatic rings. The molecule has 1 N–H and O–H groups in total. The number of aromatic nitrogens is 1. The number of fused-ring (bicyclic) bond motifs is 4. The van der Waals surface area contributed by atoms with E-state index in [4.69, 9.17) is 0 Å². The number of hydrogen-bond donors (Lipinski definition) is 1. The summed E-state index contributed by atoms with van der Waals surface area (Å²) < 4.78 is 29.6. The van der Waals surface area contributed by atoms with Gasteiger partial charge in [-0.1, -0.05) is 24.3 Å². The van der Waals surface area contributed by atoms with Gasteiger partial charge in [0.1, 0.15) is 41.2 Å². The minimum absolute atomic E-state index is 0.00143. The van der Waals surface area contributed by atoms with Crippen LogP contribution in [0.5, 0.6) is 5.75 Å². The molecular formula is C27H9F2N5O. The van der Waals surface area contributed by atoms with Crippen molar-refractivity contribution in [1.82, 2.24) is 4.98 Å². The van der Waals surface area contributed by atoms with Crippen molar-refractivity contribution in [2.45, 2.75) is 0 Å². The normalized spacial score (nSPS) is 14.7. The van der Waals surface area contributed by atoms with Crippen LogP contribution >= 0.6 is 0 Å². The zero-order valence-electron chi connectivity index (χ0n) is 17.6. The Morgan fingerprint density at radius 1 is 0.714 bits per heavy atom. The Morgan fingerprint density at radius 2 is 1.37 bits per heavy atom. The second-order valence-corrected chi connectivity index (χ2v) is 7.58. The van der Waals surface area contributed by atoms with Gasteiger partial charge in [-0.05, 0) is 29.3 Å². The number of phenolic OH excluding ortho intramolecular Hbond substituents is 1. The second kappa shape index (κ2) is 7.78. The average molecular weight is 457 g/mol. The van der Waals surface area contributed by atoms with Crippen molar-refractivity contribution >= 4 is 16.7 Å². The Hall–Kier alpha value is -5.57. The molecule has 0 fully saturated rings. The fraction of sp³-hybridized carbons (Fsp3) is 0. The average Bonchev–Trinajstić information content (AvgIpc) is 3.37. The zero-order chi connectivity index (χ0) is 24.9. The lowest BCUT2D eigenvalue weighted by Crippen LogP contribution is -1.97. The highest BCUT2D eigenvalue weighted by Crippen LogP contribution is 2.57. The van der Waals surface area contributed by atoms with E-state index in [-0.39, 0.29) is 33.6 Å². The minimum atomic E-state index is -1.32. The molecule has 0 bridgehead atoms. The van der Waals surface area contributed by atoms with E-state index in [1.807, 2.05) is 0 Å². The number of pyridine rings is 1. The number of phenols is 1.